The molecule has 0 aromatic heterocycles. The van der Waals surface area contributed by atoms with E-state index in [-0.39, 0.29) is 0 Å². The quantitative estimate of drug-likeness (QED) is 0.676. The van der Waals surface area contributed by atoms with Gasteiger partial charge in [-0.1, -0.05) is 49.5 Å². The lowest BCUT2D eigenvalue weighted by Crippen LogP contribution is -2.28. The second kappa shape index (κ2) is 5.28. The Hall–Kier alpha value is 0.267. The first-order valence-corrected chi connectivity index (χ1v) is 13.6. The molecule has 3 heteroatoms. The van der Waals surface area contributed by atoms with Gasteiger partial charge in [0, 0.05) is 5.75 Å². The predicted octanol–water partition coefficient (Wildman–Crippen LogP) is 5.12. The lowest BCUT2D eigenvalue weighted by Gasteiger charge is -2.34. The Balaban J connectivity index is 2.69. The van der Waals surface area contributed by atoms with Crippen LogP contribution in [-0.4, -0.2) is 19.7 Å². The molecule has 92 valence electrons. The van der Waals surface area contributed by atoms with Gasteiger partial charge in [-0.05, 0) is 38.9 Å². The molecule has 1 rings (SSSR count). The van der Waals surface area contributed by atoms with Crippen molar-refractivity contribution < 1.29 is 0 Å². The van der Waals surface area contributed by atoms with E-state index in [9.17, 15) is 0 Å². The largest absolute Gasteiger partial charge is 0.184 e. The van der Waals surface area contributed by atoms with Crippen molar-refractivity contribution >= 4 is 31.3 Å². The first-order valence-electron chi connectivity index (χ1n) is 5.67. The van der Waals surface area contributed by atoms with E-state index in [1.807, 2.05) is 0 Å². The fourth-order valence-corrected chi connectivity index (χ4v) is 17.5. The van der Waals surface area contributed by atoms with Crippen molar-refractivity contribution in [1.29, 1.82) is 0 Å². The molecule has 0 nitrogen and oxygen atoms in total. The van der Waals surface area contributed by atoms with Gasteiger partial charge in [0.05, 0.1) is 8.07 Å². The summed E-state index contributed by atoms with van der Waals surface area (Å²) in [6.07, 6.45) is 2.41. The van der Waals surface area contributed by atoms with Crippen LogP contribution in [-0.2, 0) is 5.75 Å². The molecule has 1 aromatic rings. The monoisotopic (exact) mass is 318 g/mol. The molecule has 0 saturated heterocycles. The second-order valence-electron chi connectivity index (χ2n) is 5.99. The van der Waals surface area contributed by atoms with Gasteiger partial charge in [0.25, 0.3) is 0 Å². The van der Waals surface area contributed by atoms with E-state index in [1.165, 1.54) is 22.3 Å². The maximum atomic E-state index is 3.99. The topological polar surface area (TPSA) is 0 Å². The molecule has 0 aliphatic rings. The normalized spacial score (nSPS) is 17.9. The molecular weight excluding hydrogens is 296 g/mol. The van der Waals surface area contributed by atoms with E-state index in [4.69, 9.17) is 0 Å². The van der Waals surface area contributed by atoms with Crippen molar-refractivity contribution in [3.63, 3.8) is 0 Å². The van der Waals surface area contributed by atoms with E-state index in [0.29, 0.717) is 0 Å². The van der Waals surface area contributed by atoms with Crippen LogP contribution in [0, 0.1) is 6.92 Å². The minimum absolute atomic E-state index is 0.631. The molecule has 1 atom stereocenters. The van der Waals surface area contributed by atoms with E-state index in [0.717, 1.165) is 0 Å². The van der Waals surface area contributed by atoms with Crippen LogP contribution in [0.1, 0.15) is 11.1 Å². The van der Waals surface area contributed by atoms with Gasteiger partial charge >= 0.3 is 0 Å². The van der Waals surface area contributed by atoms with Gasteiger partial charge in [0.15, 0.2) is 0 Å². The van der Waals surface area contributed by atoms with Crippen molar-refractivity contribution in [3.8, 4) is 0 Å². The standard InChI is InChI=1S/C13H23BrSSi/c1-12-6-8-13(9-7-12)10-15(2,14)11-16(3,4)5/h6-9H,10-11H2,1-5H3. The van der Waals surface area contributed by atoms with Crippen LogP contribution in [0.5, 0.6) is 0 Å². The zero-order valence-corrected chi connectivity index (χ0v) is 14.4. The lowest BCUT2D eigenvalue weighted by molar-refractivity contribution is 1.36. The Morgan fingerprint density at radius 1 is 1.12 bits per heavy atom. The molecule has 0 radical (unpaired) electrons. The van der Waals surface area contributed by atoms with Crippen LogP contribution in [0.3, 0.4) is 0 Å². The average molecular weight is 319 g/mol. The number of hydrogen-bond acceptors (Lipinski definition) is 0. The Labute approximate surface area is 110 Å². The van der Waals surface area contributed by atoms with Crippen molar-refractivity contribution in [2.75, 3.05) is 11.6 Å². The first-order chi connectivity index (χ1) is 7.18. The highest BCUT2D eigenvalue weighted by molar-refractivity contribution is 9.58. The summed E-state index contributed by atoms with van der Waals surface area (Å²) in [5.41, 5.74) is 2.82. The third-order valence-corrected chi connectivity index (χ3v) is 11.9. The lowest BCUT2D eigenvalue weighted by atomic mass is 10.2. The SMILES string of the molecule is Cc1ccc(CS(C)(Br)C[Si](C)(C)C)cc1. The Morgan fingerprint density at radius 2 is 1.62 bits per heavy atom. The van der Waals surface area contributed by atoms with Gasteiger partial charge in [-0.15, -0.1) is 0 Å². The molecule has 0 spiro atoms. The zero-order chi connectivity index (χ0) is 12.4. The third-order valence-electron chi connectivity index (χ3n) is 2.32. The molecule has 0 N–H and O–H groups in total. The second-order valence-corrected chi connectivity index (χ2v) is 19.6. The highest BCUT2D eigenvalue weighted by Crippen LogP contribution is 2.56. The number of halogens is 1. The summed E-state index contributed by atoms with van der Waals surface area (Å²) in [4.78, 5) is 0. The van der Waals surface area contributed by atoms with Gasteiger partial charge in [-0.3, -0.25) is 0 Å². The van der Waals surface area contributed by atoms with E-state index in [1.54, 1.807) is 0 Å². The highest BCUT2D eigenvalue weighted by atomic mass is 79.9. The first kappa shape index (κ1) is 14.3. The number of hydrogen-bond donors (Lipinski definition) is 0. The molecule has 0 fully saturated rings. The van der Waals surface area contributed by atoms with Crippen molar-refractivity contribution in [3.05, 3.63) is 35.4 Å². The molecular formula is C13H23BrSSi. The Kier molecular flexibility index (Phi) is 4.73. The maximum absolute atomic E-state index is 3.99. The number of aryl methyl sites for hydroxylation is 1. The van der Waals surface area contributed by atoms with Gasteiger partial charge in [0.1, 0.15) is 0 Å². The molecule has 0 bridgehead atoms. The Bertz CT molecular complexity index is 338. The summed E-state index contributed by atoms with van der Waals surface area (Å²) in [7, 11) is -1.60. The van der Waals surface area contributed by atoms with Gasteiger partial charge in [0.2, 0.25) is 0 Å². The summed E-state index contributed by atoms with van der Waals surface area (Å²) in [5.74, 6) is 1.21. The fourth-order valence-electron chi connectivity index (χ4n) is 1.99. The smallest absolute Gasteiger partial charge is 0.0538 e. The molecule has 1 unspecified atom stereocenters. The summed E-state index contributed by atoms with van der Waals surface area (Å²) >= 11 is 3.99. The minimum atomic E-state index is -0.967. The van der Waals surface area contributed by atoms with Crippen molar-refractivity contribution in [2.45, 2.75) is 32.3 Å². The molecule has 0 amide bonds. The van der Waals surface area contributed by atoms with Crippen LogP contribution in [0.25, 0.3) is 0 Å². The minimum Gasteiger partial charge on any atom is -0.184 e. The van der Waals surface area contributed by atoms with Crippen molar-refractivity contribution in [2.24, 2.45) is 0 Å². The maximum Gasteiger partial charge on any atom is 0.0538 e. The van der Waals surface area contributed by atoms with Crippen molar-refractivity contribution in [1.82, 2.24) is 0 Å². The number of benzene rings is 1. The fraction of sp³-hybridized carbons (Fsp3) is 0.538. The molecule has 1 aromatic carbocycles. The van der Waals surface area contributed by atoms with Crippen LogP contribution in [0.2, 0.25) is 19.6 Å². The van der Waals surface area contributed by atoms with Crippen LogP contribution in [0.4, 0.5) is 0 Å². The molecule has 16 heavy (non-hydrogen) atoms. The third kappa shape index (κ3) is 5.55. The van der Waals surface area contributed by atoms with Gasteiger partial charge < -0.3 is 0 Å². The number of rotatable bonds is 4. The predicted molar refractivity (Wildman–Crippen MR) is 85.5 cm³/mol. The zero-order valence-electron chi connectivity index (χ0n) is 11.0. The summed E-state index contributed by atoms with van der Waals surface area (Å²) in [6.45, 7) is 9.50. The Morgan fingerprint density at radius 3 is 2.06 bits per heavy atom. The summed E-state index contributed by atoms with van der Waals surface area (Å²) < 4.78 is 0. The molecule has 0 heterocycles. The summed E-state index contributed by atoms with van der Waals surface area (Å²) in [6, 6.07) is 8.97. The summed E-state index contributed by atoms with van der Waals surface area (Å²) in [5, 5.41) is 1.40. The van der Waals surface area contributed by atoms with Crippen LogP contribution in [0.15, 0.2) is 24.3 Å². The van der Waals surface area contributed by atoms with E-state index < -0.39 is 16.5 Å². The van der Waals surface area contributed by atoms with Crippen LogP contribution < -0.4 is 0 Å². The van der Waals surface area contributed by atoms with Gasteiger partial charge in [-0.25, -0.2) is 0 Å². The molecule has 0 saturated carbocycles. The van der Waals surface area contributed by atoms with E-state index >= 15 is 0 Å². The van der Waals surface area contributed by atoms with Crippen LogP contribution >= 0.6 is 23.3 Å². The molecule has 0 aliphatic heterocycles. The van der Waals surface area contributed by atoms with Gasteiger partial charge in [-0.2, -0.15) is 8.46 Å². The molecule has 0 aliphatic carbocycles. The van der Waals surface area contributed by atoms with E-state index in [2.05, 4.69) is 71.9 Å². The highest BCUT2D eigenvalue weighted by Gasteiger charge is 2.24. The average Bonchev–Trinajstić information content (AvgIpc) is 2.04.